The predicted octanol–water partition coefficient (Wildman–Crippen LogP) is 3.66. The number of aliphatic hydroxyl groups is 1. The number of fused-ring (bicyclic) bond motifs is 1. The Kier molecular flexibility index (Phi) is 8.93. The fourth-order valence-electron chi connectivity index (χ4n) is 3.99. The van der Waals surface area contributed by atoms with Crippen molar-refractivity contribution in [3.8, 4) is 0 Å². The second kappa shape index (κ2) is 12.1. The summed E-state index contributed by atoms with van der Waals surface area (Å²) in [5.74, 6) is -1.38. The Morgan fingerprint density at radius 3 is 2.26 bits per heavy atom. The molecule has 0 saturated heterocycles. The van der Waals surface area contributed by atoms with E-state index in [9.17, 15) is 19.5 Å². The molecule has 178 valence electrons. The van der Waals surface area contributed by atoms with Gasteiger partial charge in [0, 0.05) is 5.56 Å². The third-order valence-corrected chi connectivity index (χ3v) is 6.24. The van der Waals surface area contributed by atoms with Gasteiger partial charge in [-0.05, 0) is 41.2 Å². The van der Waals surface area contributed by atoms with Crippen LogP contribution in [0.5, 0.6) is 0 Å². The SMILES string of the molecule is CCC(C)[C@H](NC(=O)c1cccc2ccccc12)C(=O)N[C@@H](CCc1ccccc1)C(=O)CO. The summed E-state index contributed by atoms with van der Waals surface area (Å²) < 4.78 is 0. The average molecular weight is 461 g/mol. The van der Waals surface area contributed by atoms with E-state index < -0.39 is 30.4 Å². The van der Waals surface area contributed by atoms with Crippen LogP contribution in [-0.4, -0.2) is 41.4 Å². The van der Waals surface area contributed by atoms with E-state index in [-0.39, 0.29) is 11.8 Å². The standard InChI is InChI=1S/C28H32N2O4/c1-3-19(2)26(30-27(33)23-15-9-13-21-12-7-8-14-22(21)23)28(34)29-24(25(32)18-31)17-16-20-10-5-4-6-11-20/h4-15,19,24,26,31H,3,16-18H2,1-2H3,(H,29,34)(H,30,33)/t19?,24-,26-/m0/s1. The number of Topliss-reactive ketones (excluding diaryl/α,β-unsaturated/α-hetero) is 1. The van der Waals surface area contributed by atoms with Gasteiger partial charge in [-0.3, -0.25) is 14.4 Å². The molecule has 34 heavy (non-hydrogen) atoms. The van der Waals surface area contributed by atoms with Crippen LogP contribution in [0.25, 0.3) is 10.8 Å². The third-order valence-electron chi connectivity index (χ3n) is 6.24. The second-order valence-corrected chi connectivity index (χ2v) is 8.57. The molecule has 3 rings (SSSR count). The molecule has 3 N–H and O–H groups in total. The number of rotatable bonds is 11. The Morgan fingerprint density at radius 1 is 0.882 bits per heavy atom. The van der Waals surface area contributed by atoms with Crippen molar-refractivity contribution in [2.24, 2.45) is 5.92 Å². The molecule has 3 aromatic carbocycles. The minimum atomic E-state index is -0.835. The highest BCUT2D eigenvalue weighted by molar-refractivity contribution is 6.08. The molecule has 0 saturated carbocycles. The largest absolute Gasteiger partial charge is 0.389 e. The van der Waals surface area contributed by atoms with Gasteiger partial charge in [0.15, 0.2) is 5.78 Å². The van der Waals surface area contributed by atoms with E-state index in [0.717, 1.165) is 16.3 Å². The van der Waals surface area contributed by atoms with Gasteiger partial charge in [0.2, 0.25) is 5.91 Å². The van der Waals surface area contributed by atoms with Crippen LogP contribution in [0.15, 0.2) is 72.8 Å². The van der Waals surface area contributed by atoms with E-state index >= 15 is 0 Å². The molecule has 3 aromatic rings. The van der Waals surface area contributed by atoms with Crippen molar-refractivity contribution < 1.29 is 19.5 Å². The number of hydrogen-bond acceptors (Lipinski definition) is 4. The van der Waals surface area contributed by atoms with Gasteiger partial charge in [0.25, 0.3) is 5.91 Å². The van der Waals surface area contributed by atoms with E-state index in [0.29, 0.717) is 24.8 Å². The second-order valence-electron chi connectivity index (χ2n) is 8.57. The van der Waals surface area contributed by atoms with Crippen molar-refractivity contribution in [3.63, 3.8) is 0 Å². The highest BCUT2D eigenvalue weighted by atomic mass is 16.3. The Balaban J connectivity index is 1.76. The zero-order valence-electron chi connectivity index (χ0n) is 19.7. The van der Waals surface area contributed by atoms with E-state index in [1.165, 1.54) is 0 Å². The number of carbonyl (C=O) groups excluding carboxylic acids is 3. The quantitative estimate of drug-likeness (QED) is 0.407. The van der Waals surface area contributed by atoms with Gasteiger partial charge in [-0.15, -0.1) is 0 Å². The number of aryl methyl sites for hydroxylation is 1. The fraction of sp³-hybridized carbons (Fsp3) is 0.321. The Bertz CT molecular complexity index is 1120. The highest BCUT2D eigenvalue weighted by Crippen LogP contribution is 2.19. The Hall–Kier alpha value is -3.51. The molecule has 0 aromatic heterocycles. The molecule has 0 aliphatic rings. The number of ketones is 1. The molecule has 0 aliphatic heterocycles. The van der Waals surface area contributed by atoms with Gasteiger partial charge in [-0.1, -0.05) is 87.0 Å². The number of benzene rings is 3. The van der Waals surface area contributed by atoms with Gasteiger partial charge in [-0.2, -0.15) is 0 Å². The normalized spacial score (nSPS) is 13.6. The lowest BCUT2D eigenvalue weighted by atomic mass is 9.96. The molecular weight excluding hydrogens is 428 g/mol. The molecule has 0 radical (unpaired) electrons. The molecule has 0 fully saturated rings. The van der Waals surface area contributed by atoms with Crippen LogP contribution in [0.2, 0.25) is 0 Å². The van der Waals surface area contributed by atoms with Crippen LogP contribution in [0.1, 0.15) is 42.6 Å². The minimum Gasteiger partial charge on any atom is -0.389 e. The number of amides is 2. The summed E-state index contributed by atoms with van der Waals surface area (Å²) in [6.45, 7) is 3.18. The number of hydrogen-bond donors (Lipinski definition) is 3. The van der Waals surface area contributed by atoms with Crippen LogP contribution in [-0.2, 0) is 16.0 Å². The summed E-state index contributed by atoms with van der Waals surface area (Å²) in [5.41, 5.74) is 1.53. The molecule has 6 heteroatoms. The van der Waals surface area contributed by atoms with Crippen molar-refractivity contribution in [1.29, 1.82) is 0 Å². The fourth-order valence-corrected chi connectivity index (χ4v) is 3.99. The first-order valence-corrected chi connectivity index (χ1v) is 11.7. The molecule has 2 amide bonds. The zero-order chi connectivity index (χ0) is 24.5. The minimum absolute atomic E-state index is 0.155. The number of nitrogens with one attached hydrogen (secondary N) is 2. The molecule has 0 spiro atoms. The summed E-state index contributed by atoms with van der Waals surface area (Å²) in [7, 11) is 0. The van der Waals surface area contributed by atoms with Crippen LogP contribution in [0.3, 0.4) is 0 Å². The van der Waals surface area contributed by atoms with Crippen molar-refractivity contribution in [3.05, 3.63) is 83.9 Å². The molecule has 3 atom stereocenters. The van der Waals surface area contributed by atoms with Gasteiger partial charge in [0.05, 0.1) is 6.04 Å². The van der Waals surface area contributed by atoms with Crippen molar-refractivity contribution in [2.75, 3.05) is 6.61 Å². The number of aliphatic hydroxyl groups excluding tert-OH is 1. The lowest BCUT2D eigenvalue weighted by Crippen LogP contribution is -2.54. The van der Waals surface area contributed by atoms with Crippen molar-refractivity contribution >= 4 is 28.4 Å². The van der Waals surface area contributed by atoms with Crippen LogP contribution in [0.4, 0.5) is 0 Å². The average Bonchev–Trinajstić information content (AvgIpc) is 2.88. The summed E-state index contributed by atoms with van der Waals surface area (Å²) in [6, 6.07) is 21.1. The van der Waals surface area contributed by atoms with Crippen LogP contribution >= 0.6 is 0 Å². The monoisotopic (exact) mass is 460 g/mol. The topological polar surface area (TPSA) is 95.5 Å². The first kappa shape index (κ1) is 25.1. The van der Waals surface area contributed by atoms with Crippen molar-refractivity contribution in [1.82, 2.24) is 10.6 Å². The van der Waals surface area contributed by atoms with E-state index in [4.69, 9.17) is 0 Å². The molecule has 1 unspecified atom stereocenters. The lowest BCUT2D eigenvalue weighted by molar-refractivity contribution is -0.131. The summed E-state index contributed by atoms with van der Waals surface area (Å²) >= 11 is 0. The molecule has 0 bridgehead atoms. The van der Waals surface area contributed by atoms with Gasteiger partial charge >= 0.3 is 0 Å². The molecule has 0 aliphatic carbocycles. The Morgan fingerprint density at radius 2 is 1.56 bits per heavy atom. The maximum atomic E-state index is 13.3. The molecular formula is C28H32N2O4. The Labute approximate surface area is 200 Å². The molecule has 6 nitrogen and oxygen atoms in total. The third kappa shape index (κ3) is 6.29. The molecule has 0 heterocycles. The maximum absolute atomic E-state index is 13.3. The summed E-state index contributed by atoms with van der Waals surface area (Å²) in [5, 5.41) is 16.9. The lowest BCUT2D eigenvalue weighted by Gasteiger charge is -2.26. The number of carbonyl (C=O) groups is 3. The first-order valence-electron chi connectivity index (χ1n) is 11.7. The van der Waals surface area contributed by atoms with Crippen molar-refractivity contribution in [2.45, 2.75) is 45.2 Å². The highest BCUT2D eigenvalue weighted by Gasteiger charge is 2.30. The smallest absolute Gasteiger partial charge is 0.252 e. The van der Waals surface area contributed by atoms with E-state index in [2.05, 4.69) is 10.6 Å². The zero-order valence-corrected chi connectivity index (χ0v) is 19.7. The van der Waals surface area contributed by atoms with Gasteiger partial charge in [0.1, 0.15) is 12.6 Å². The summed E-state index contributed by atoms with van der Waals surface area (Å²) in [6.07, 6.45) is 1.60. The predicted molar refractivity (Wildman–Crippen MR) is 133 cm³/mol. The van der Waals surface area contributed by atoms with Crippen LogP contribution in [0, 0.1) is 5.92 Å². The first-order chi connectivity index (χ1) is 16.4. The van der Waals surface area contributed by atoms with E-state index in [1.807, 2.05) is 80.6 Å². The van der Waals surface area contributed by atoms with E-state index in [1.54, 1.807) is 6.07 Å². The summed E-state index contributed by atoms with van der Waals surface area (Å²) in [4.78, 5) is 38.8. The maximum Gasteiger partial charge on any atom is 0.252 e. The van der Waals surface area contributed by atoms with Crippen LogP contribution < -0.4 is 10.6 Å². The van der Waals surface area contributed by atoms with Gasteiger partial charge < -0.3 is 15.7 Å². The van der Waals surface area contributed by atoms with Gasteiger partial charge in [-0.25, -0.2) is 0 Å².